The molecule has 0 bridgehead atoms. The molecular formula is C15H31N5O3S. The van der Waals surface area contributed by atoms with Crippen LogP contribution in [-0.4, -0.2) is 117 Å². The molecule has 2 aliphatic heterocycles. The minimum absolute atomic E-state index is 0.162. The van der Waals surface area contributed by atoms with Gasteiger partial charge >= 0.3 is 0 Å². The largest absolute Gasteiger partial charge is 0.339 e. The second-order valence-electron chi connectivity index (χ2n) is 6.66. The van der Waals surface area contributed by atoms with Crippen molar-refractivity contribution in [2.45, 2.75) is 19.9 Å². The normalized spacial score (nSPS) is 23.6. The molecule has 0 aromatic heterocycles. The fourth-order valence-electron chi connectivity index (χ4n) is 3.26. The molecule has 2 saturated heterocycles. The predicted octanol–water partition coefficient (Wildman–Crippen LogP) is -1.04. The quantitative estimate of drug-likeness (QED) is 0.626. The second-order valence-corrected chi connectivity index (χ2v) is 8.80. The number of amides is 1. The van der Waals surface area contributed by atoms with Crippen molar-refractivity contribution in [3.8, 4) is 0 Å². The van der Waals surface area contributed by atoms with E-state index >= 15 is 0 Å². The van der Waals surface area contributed by atoms with Crippen molar-refractivity contribution in [3.63, 3.8) is 0 Å². The highest BCUT2D eigenvalue weighted by molar-refractivity contribution is 7.86. The summed E-state index contributed by atoms with van der Waals surface area (Å²) < 4.78 is 27.0. The van der Waals surface area contributed by atoms with Crippen LogP contribution in [0.5, 0.6) is 0 Å². The molecule has 0 N–H and O–H groups in total. The van der Waals surface area contributed by atoms with Crippen molar-refractivity contribution in [2.75, 3.05) is 73.0 Å². The lowest BCUT2D eigenvalue weighted by atomic mass is 10.2. The zero-order chi connectivity index (χ0) is 17.9. The smallest absolute Gasteiger partial charge is 0.281 e. The zero-order valence-electron chi connectivity index (χ0n) is 15.3. The molecule has 0 spiro atoms. The highest BCUT2D eigenvalue weighted by atomic mass is 32.2. The Morgan fingerprint density at radius 3 is 2.00 bits per heavy atom. The lowest BCUT2D eigenvalue weighted by Crippen LogP contribution is -2.58. The fourth-order valence-corrected chi connectivity index (χ4v) is 4.34. The molecule has 0 unspecified atom stereocenters. The van der Waals surface area contributed by atoms with Crippen LogP contribution in [0.2, 0.25) is 0 Å². The van der Waals surface area contributed by atoms with Crippen LogP contribution in [0.15, 0.2) is 0 Å². The van der Waals surface area contributed by atoms with Crippen LogP contribution < -0.4 is 0 Å². The van der Waals surface area contributed by atoms with E-state index in [4.69, 9.17) is 0 Å². The van der Waals surface area contributed by atoms with Crippen LogP contribution in [0.1, 0.15) is 13.8 Å². The Hall–Kier alpha value is -0.740. The second kappa shape index (κ2) is 8.09. The van der Waals surface area contributed by atoms with E-state index in [1.54, 1.807) is 14.1 Å². The van der Waals surface area contributed by atoms with E-state index in [-0.39, 0.29) is 11.9 Å². The minimum atomic E-state index is -3.36. The number of nitrogens with zero attached hydrogens (tertiary/aromatic N) is 5. The first-order valence-electron chi connectivity index (χ1n) is 8.70. The van der Waals surface area contributed by atoms with Crippen molar-refractivity contribution >= 4 is 16.1 Å². The maximum absolute atomic E-state index is 12.7. The Bertz CT molecular complexity index is 523. The molecule has 2 fully saturated rings. The van der Waals surface area contributed by atoms with Gasteiger partial charge in [0.1, 0.15) is 0 Å². The molecule has 0 aliphatic carbocycles. The Labute approximate surface area is 146 Å². The number of carbonyl (C=O) groups is 1. The van der Waals surface area contributed by atoms with E-state index in [2.05, 4.69) is 16.7 Å². The van der Waals surface area contributed by atoms with Crippen LogP contribution in [0.3, 0.4) is 0 Å². The van der Waals surface area contributed by atoms with E-state index < -0.39 is 10.2 Å². The minimum Gasteiger partial charge on any atom is -0.339 e. The van der Waals surface area contributed by atoms with Gasteiger partial charge in [-0.3, -0.25) is 9.69 Å². The summed E-state index contributed by atoms with van der Waals surface area (Å²) in [5, 5.41) is 0. The molecule has 24 heavy (non-hydrogen) atoms. The van der Waals surface area contributed by atoms with E-state index in [1.807, 2.05) is 11.8 Å². The van der Waals surface area contributed by atoms with Crippen LogP contribution in [0.4, 0.5) is 0 Å². The lowest BCUT2D eigenvalue weighted by Gasteiger charge is -2.40. The predicted molar refractivity (Wildman–Crippen MR) is 93.9 cm³/mol. The molecule has 140 valence electrons. The molecular weight excluding hydrogens is 330 g/mol. The molecule has 0 radical (unpaired) electrons. The Balaban J connectivity index is 1.86. The molecule has 2 aliphatic rings. The van der Waals surface area contributed by atoms with Gasteiger partial charge in [-0.2, -0.15) is 17.0 Å². The highest BCUT2D eigenvalue weighted by Crippen LogP contribution is 2.14. The summed E-state index contributed by atoms with van der Waals surface area (Å²) in [5.74, 6) is 0.162. The van der Waals surface area contributed by atoms with Crippen LogP contribution in [0, 0.1) is 0 Å². The molecule has 2 heterocycles. The Morgan fingerprint density at radius 2 is 1.54 bits per heavy atom. The van der Waals surface area contributed by atoms with Gasteiger partial charge in [0, 0.05) is 66.5 Å². The maximum atomic E-state index is 12.7. The first-order valence-corrected chi connectivity index (χ1v) is 10.1. The molecule has 0 saturated carbocycles. The molecule has 0 aromatic rings. The summed E-state index contributed by atoms with van der Waals surface area (Å²) in [6.45, 7) is 10.6. The number of carbonyl (C=O) groups excluding carboxylic acids is 1. The topological polar surface area (TPSA) is 67.4 Å². The zero-order valence-corrected chi connectivity index (χ0v) is 16.1. The van der Waals surface area contributed by atoms with Crippen molar-refractivity contribution < 1.29 is 13.2 Å². The van der Waals surface area contributed by atoms with Crippen LogP contribution in [0.25, 0.3) is 0 Å². The van der Waals surface area contributed by atoms with Crippen LogP contribution in [-0.2, 0) is 15.0 Å². The monoisotopic (exact) mass is 361 g/mol. The van der Waals surface area contributed by atoms with Gasteiger partial charge < -0.3 is 9.80 Å². The van der Waals surface area contributed by atoms with Gasteiger partial charge in [-0.25, -0.2) is 0 Å². The Morgan fingerprint density at radius 1 is 1.00 bits per heavy atom. The molecule has 2 rings (SSSR count). The number of likely N-dealkylation sites (N-methyl/N-ethyl adjacent to an activating group) is 1. The van der Waals surface area contributed by atoms with E-state index in [9.17, 15) is 13.2 Å². The van der Waals surface area contributed by atoms with Crippen molar-refractivity contribution in [2.24, 2.45) is 0 Å². The van der Waals surface area contributed by atoms with Crippen molar-refractivity contribution in [1.29, 1.82) is 0 Å². The first kappa shape index (κ1) is 19.6. The standard InChI is InChI=1S/C15H31N5O3S/c1-5-17-6-8-19(9-7-17)15(21)14(2)18-10-12-20(13-11-18)24(22,23)16(3)4/h14H,5-13H2,1-4H3/t14-/m0/s1. The van der Waals surface area contributed by atoms with Crippen molar-refractivity contribution in [1.82, 2.24) is 23.3 Å². The first-order chi connectivity index (χ1) is 11.3. The van der Waals surface area contributed by atoms with Gasteiger partial charge in [-0.1, -0.05) is 6.92 Å². The average molecular weight is 362 g/mol. The molecule has 9 heteroatoms. The summed E-state index contributed by atoms with van der Waals surface area (Å²) in [6.07, 6.45) is 0. The van der Waals surface area contributed by atoms with Gasteiger partial charge in [0.05, 0.1) is 6.04 Å². The lowest BCUT2D eigenvalue weighted by molar-refractivity contribution is -0.138. The number of hydrogen-bond acceptors (Lipinski definition) is 5. The van der Waals surface area contributed by atoms with Crippen molar-refractivity contribution in [3.05, 3.63) is 0 Å². The van der Waals surface area contributed by atoms with Gasteiger partial charge in [-0.15, -0.1) is 0 Å². The van der Waals surface area contributed by atoms with Gasteiger partial charge in [0.15, 0.2) is 0 Å². The van der Waals surface area contributed by atoms with E-state index in [1.165, 1.54) is 8.61 Å². The van der Waals surface area contributed by atoms with Gasteiger partial charge in [-0.05, 0) is 13.5 Å². The molecule has 8 nitrogen and oxygen atoms in total. The fraction of sp³-hybridized carbons (Fsp3) is 0.933. The van der Waals surface area contributed by atoms with E-state index in [0.29, 0.717) is 26.2 Å². The van der Waals surface area contributed by atoms with Crippen LogP contribution >= 0.6 is 0 Å². The third-order valence-electron chi connectivity index (χ3n) is 5.10. The summed E-state index contributed by atoms with van der Waals surface area (Å²) in [6, 6.07) is -0.192. The molecule has 0 aromatic carbocycles. The summed E-state index contributed by atoms with van der Waals surface area (Å²) in [7, 11) is -0.269. The number of rotatable bonds is 5. The Kier molecular flexibility index (Phi) is 6.60. The number of piperazine rings is 2. The van der Waals surface area contributed by atoms with Gasteiger partial charge in [0.2, 0.25) is 5.91 Å². The summed E-state index contributed by atoms with van der Waals surface area (Å²) >= 11 is 0. The number of hydrogen-bond donors (Lipinski definition) is 0. The molecule has 1 atom stereocenters. The molecule has 1 amide bonds. The third kappa shape index (κ3) is 4.26. The highest BCUT2D eigenvalue weighted by Gasteiger charge is 2.33. The van der Waals surface area contributed by atoms with Gasteiger partial charge in [0.25, 0.3) is 10.2 Å². The SMILES string of the molecule is CCN1CCN(C(=O)[C@H](C)N2CCN(S(=O)(=O)N(C)C)CC2)CC1. The summed E-state index contributed by atoms with van der Waals surface area (Å²) in [4.78, 5) is 19.1. The average Bonchev–Trinajstić information content (AvgIpc) is 2.60. The third-order valence-corrected chi connectivity index (χ3v) is 7.04. The maximum Gasteiger partial charge on any atom is 0.281 e. The summed E-state index contributed by atoms with van der Waals surface area (Å²) in [5.41, 5.74) is 0. The van der Waals surface area contributed by atoms with E-state index in [0.717, 1.165) is 32.7 Å².